The van der Waals surface area contributed by atoms with Gasteiger partial charge in [0.05, 0.1) is 13.4 Å². The molecule has 3 rings (SSSR count). The van der Waals surface area contributed by atoms with Crippen molar-refractivity contribution >= 4 is 11.6 Å². The van der Waals surface area contributed by atoms with Crippen LogP contribution in [-0.2, 0) is 13.0 Å². The summed E-state index contributed by atoms with van der Waals surface area (Å²) in [6.07, 6.45) is 6.52. The number of aromatic nitrogens is 2. The first kappa shape index (κ1) is 15.6. The van der Waals surface area contributed by atoms with E-state index < -0.39 is 0 Å². The third-order valence-corrected chi connectivity index (χ3v) is 4.37. The van der Waals surface area contributed by atoms with Crippen molar-refractivity contribution in [3.8, 4) is 5.75 Å². The van der Waals surface area contributed by atoms with E-state index in [9.17, 15) is 0 Å². The van der Waals surface area contributed by atoms with Crippen molar-refractivity contribution in [3.05, 3.63) is 83.4 Å². The molecule has 0 aliphatic heterocycles. The van der Waals surface area contributed by atoms with Gasteiger partial charge < -0.3 is 9.30 Å². The number of ether oxygens (including phenoxy) is 1. The number of halogens is 1. The van der Waals surface area contributed by atoms with Crippen LogP contribution in [0.4, 0.5) is 0 Å². The molecule has 0 radical (unpaired) electrons. The zero-order chi connectivity index (χ0) is 16.1. The maximum absolute atomic E-state index is 6.35. The predicted molar refractivity (Wildman–Crippen MR) is 93.1 cm³/mol. The zero-order valence-corrected chi connectivity index (χ0v) is 13.8. The molecular formula is C19H19ClN2O. The van der Waals surface area contributed by atoms with E-state index in [1.807, 2.05) is 42.9 Å². The Bertz CT molecular complexity index is 738. The molecule has 1 heterocycles. The molecule has 118 valence electrons. The highest BCUT2D eigenvalue weighted by molar-refractivity contribution is 6.31. The summed E-state index contributed by atoms with van der Waals surface area (Å²) in [6.45, 7) is 0.859. The Morgan fingerprint density at radius 3 is 2.57 bits per heavy atom. The lowest BCUT2D eigenvalue weighted by atomic mass is 9.91. The fourth-order valence-corrected chi connectivity index (χ4v) is 2.96. The highest BCUT2D eigenvalue weighted by Gasteiger charge is 2.15. The number of nitrogens with zero attached hydrogens (tertiary/aromatic N) is 2. The van der Waals surface area contributed by atoms with Gasteiger partial charge in [-0.15, -0.1) is 0 Å². The predicted octanol–water partition coefficient (Wildman–Crippen LogP) is 4.57. The maximum atomic E-state index is 6.35. The standard InChI is InChI=1S/C19H19ClN2O/c1-23-18-8-6-15(7-9-18)17(13-22-11-10-21-14-22)12-16-4-2-3-5-19(16)20/h2-11,14,17H,12-13H2,1H3. The van der Waals surface area contributed by atoms with Gasteiger partial charge in [-0.25, -0.2) is 4.98 Å². The summed E-state index contributed by atoms with van der Waals surface area (Å²) in [5.41, 5.74) is 2.43. The van der Waals surface area contributed by atoms with Crippen LogP contribution >= 0.6 is 11.6 Å². The van der Waals surface area contributed by atoms with Crippen LogP contribution in [0.25, 0.3) is 0 Å². The molecule has 0 fully saturated rings. The second-order valence-electron chi connectivity index (χ2n) is 5.53. The fraction of sp³-hybridized carbons (Fsp3) is 0.211. The van der Waals surface area contributed by atoms with Crippen molar-refractivity contribution in [1.82, 2.24) is 9.55 Å². The van der Waals surface area contributed by atoms with Crippen LogP contribution in [0.2, 0.25) is 5.02 Å². The summed E-state index contributed by atoms with van der Waals surface area (Å²) < 4.78 is 7.36. The van der Waals surface area contributed by atoms with Gasteiger partial charge >= 0.3 is 0 Å². The molecule has 23 heavy (non-hydrogen) atoms. The largest absolute Gasteiger partial charge is 0.497 e. The van der Waals surface area contributed by atoms with Gasteiger partial charge in [-0.1, -0.05) is 41.9 Å². The quantitative estimate of drug-likeness (QED) is 0.663. The lowest BCUT2D eigenvalue weighted by molar-refractivity contribution is 0.414. The summed E-state index contributed by atoms with van der Waals surface area (Å²) in [7, 11) is 1.68. The van der Waals surface area contributed by atoms with E-state index >= 15 is 0 Å². The molecule has 0 saturated carbocycles. The molecule has 3 nitrogen and oxygen atoms in total. The Balaban J connectivity index is 1.87. The summed E-state index contributed by atoms with van der Waals surface area (Å²) in [5.74, 6) is 1.18. The van der Waals surface area contributed by atoms with Crippen LogP contribution in [0.3, 0.4) is 0 Å². The molecular weight excluding hydrogens is 308 g/mol. The molecule has 0 saturated heterocycles. The van der Waals surface area contributed by atoms with Crippen LogP contribution in [0, 0.1) is 0 Å². The average Bonchev–Trinajstić information content (AvgIpc) is 3.09. The Morgan fingerprint density at radius 1 is 1.13 bits per heavy atom. The molecule has 1 atom stereocenters. The van der Waals surface area contributed by atoms with E-state index in [1.165, 1.54) is 5.56 Å². The molecule has 2 aromatic carbocycles. The van der Waals surface area contributed by atoms with E-state index in [4.69, 9.17) is 16.3 Å². The Morgan fingerprint density at radius 2 is 1.91 bits per heavy atom. The Hall–Kier alpha value is -2.26. The van der Waals surface area contributed by atoms with Crippen LogP contribution in [0.5, 0.6) is 5.75 Å². The number of rotatable bonds is 6. The van der Waals surface area contributed by atoms with Crippen molar-refractivity contribution < 1.29 is 4.74 Å². The van der Waals surface area contributed by atoms with Crippen LogP contribution in [0.1, 0.15) is 17.0 Å². The van der Waals surface area contributed by atoms with Crippen LogP contribution < -0.4 is 4.74 Å². The minimum absolute atomic E-state index is 0.315. The van der Waals surface area contributed by atoms with E-state index in [0.717, 1.165) is 29.3 Å². The normalized spacial score (nSPS) is 12.1. The third-order valence-electron chi connectivity index (χ3n) is 4.00. The number of hydrogen-bond donors (Lipinski definition) is 0. The van der Waals surface area contributed by atoms with Gasteiger partial charge in [0.2, 0.25) is 0 Å². The third kappa shape index (κ3) is 3.93. The molecule has 3 aromatic rings. The molecule has 0 spiro atoms. The van der Waals surface area contributed by atoms with Crippen LogP contribution in [-0.4, -0.2) is 16.7 Å². The average molecular weight is 327 g/mol. The topological polar surface area (TPSA) is 27.1 Å². The number of methoxy groups -OCH3 is 1. The van der Waals surface area contributed by atoms with Gasteiger partial charge in [0.15, 0.2) is 0 Å². The first-order valence-corrected chi connectivity index (χ1v) is 7.97. The molecule has 1 aromatic heterocycles. The lowest BCUT2D eigenvalue weighted by Crippen LogP contribution is -2.11. The van der Waals surface area contributed by atoms with E-state index in [-0.39, 0.29) is 0 Å². The van der Waals surface area contributed by atoms with Gasteiger partial charge in [-0.3, -0.25) is 0 Å². The van der Waals surface area contributed by atoms with Crippen molar-refractivity contribution in [2.24, 2.45) is 0 Å². The highest BCUT2D eigenvalue weighted by atomic mass is 35.5. The minimum atomic E-state index is 0.315. The number of hydrogen-bond acceptors (Lipinski definition) is 2. The molecule has 0 N–H and O–H groups in total. The van der Waals surface area contributed by atoms with E-state index in [1.54, 1.807) is 13.3 Å². The highest BCUT2D eigenvalue weighted by Crippen LogP contribution is 2.28. The van der Waals surface area contributed by atoms with E-state index in [0.29, 0.717) is 5.92 Å². The molecule has 0 aliphatic carbocycles. The van der Waals surface area contributed by atoms with Crippen molar-refractivity contribution in [1.29, 1.82) is 0 Å². The van der Waals surface area contributed by atoms with Gasteiger partial charge in [-0.2, -0.15) is 0 Å². The van der Waals surface area contributed by atoms with E-state index in [2.05, 4.69) is 27.8 Å². The fourth-order valence-electron chi connectivity index (χ4n) is 2.74. The lowest BCUT2D eigenvalue weighted by Gasteiger charge is -2.19. The summed E-state index contributed by atoms with van der Waals surface area (Å²) >= 11 is 6.35. The molecule has 0 bridgehead atoms. The summed E-state index contributed by atoms with van der Waals surface area (Å²) in [6, 6.07) is 16.3. The second-order valence-corrected chi connectivity index (χ2v) is 5.93. The Kier molecular flexibility index (Phi) is 4.99. The molecule has 0 aliphatic rings. The van der Waals surface area contributed by atoms with Gasteiger partial charge in [0, 0.05) is 29.9 Å². The SMILES string of the molecule is COc1ccc(C(Cc2ccccc2Cl)Cn2ccnc2)cc1. The second kappa shape index (κ2) is 7.34. The van der Waals surface area contributed by atoms with Crippen molar-refractivity contribution in [2.45, 2.75) is 18.9 Å². The summed E-state index contributed by atoms with van der Waals surface area (Å²) in [4.78, 5) is 4.14. The van der Waals surface area contributed by atoms with Gasteiger partial charge in [0.25, 0.3) is 0 Å². The van der Waals surface area contributed by atoms with Gasteiger partial charge in [-0.05, 0) is 35.7 Å². The minimum Gasteiger partial charge on any atom is -0.497 e. The zero-order valence-electron chi connectivity index (χ0n) is 13.0. The number of imidazole rings is 1. The monoisotopic (exact) mass is 326 g/mol. The molecule has 4 heteroatoms. The first-order chi connectivity index (χ1) is 11.3. The van der Waals surface area contributed by atoms with Crippen LogP contribution in [0.15, 0.2) is 67.3 Å². The first-order valence-electron chi connectivity index (χ1n) is 7.59. The van der Waals surface area contributed by atoms with Gasteiger partial charge in [0.1, 0.15) is 5.75 Å². The smallest absolute Gasteiger partial charge is 0.118 e. The summed E-state index contributed by atoms with van der Waals surface area (Å²) in [5, 5.41) is 0.816. The Labute approximate surface area is 141 Å². The maximum Gasteiger partial charge on any atom is 0.118 e. The number of benzene rings is 2. The molecule has 0 amide bonds. The van der Waals surface area contributed by atoms with Crippen molar-refractivity contribution in [3.63, 3.8) is 0 Å². The van der Waals surface area contributed by atoms with Crippen molar-refractivity contribution in [2.75, 3.05) is 7.11 Å². The molecule has 1 unspecified atom stereocenters.